The van der Waals surface area contributed by atoms with Crippen LogP contribution in [0.4, 0.5) is 10.2 Å². The Labute approximate surface area is 169 Å². The first-order chi connectivity index (χ1) is 13.3. The topological polar surface area (TPSA) is 116 Å². The second-order valence-corrected chi connectivity index (χ2v) is 9.29. The average molecular weight is 426 g/mol. The van der Waals surface area contributed by atoms with E-state index in [2.05, 4.69) is 29.1 Å². The Morgan fingerprint density at radius 2 is 2.29 bits per heavy atom. The van der Waals surface area contributed by atoms with Gasteiger partial charge in [-0.1, -0.05) is 11.8 Å². The van der Waals surface area contributed by atoms with Crippen molar-refractivity contribution in [3.63, 3.8) is 0 Å². The molecular formula is C17H20FN5O3S2. The van der Waals surface area contributed by atoms with Crippen molar-refractivity contribution in [3.05, 3.63) is 28.2 Å². The largest absolute Gasteiger partial charge is 0.445 e. The summed E-state index contributed by atoms with van der Waals surface area (Å²) in [6.45, 7) is 3.66. The predicted molar refractivity (Wildman–Crippen MR) is 105 cm³/mol. The van der Waals surface area contributed by atoms with Crippen molar-refractivity contribution in [2.45, 2.75) is 38.1 Å². The number of thiazole rings is 1. The number of alkyl halides is 1. The van der Waals surface area contributed by atoms with Crippen LogP contribution >= 0.6 is 23.1 Å². The van der Waals surface area contributed by atoms with Crippen LogP contribution in [-0.2, 0) is 17.0 Å². The van der Waals surface area contributed by atoms with Crippen LogP contribution in [0.15, 0.2) is 21.1 Å². The minimum atomic E-state index is -0.869. The molecule has 2 aromatic heterocycles. The zero-order valence-electron chi connectivity index (χ0n) is 15.4. The molecule has 8 nitrogen and oxygen atoms in total. The van der Waals surface area contributed by atoms with Crippen LogP contribution in [0, 0.1) is 5.92 Å². The lowest BCUT2D eigenvalue weighted by molar-refractivity contribution is -0.109. The molecule has 4 heterocycles. The maximum atomic E-state index is 12.5. The number of halogens is 1. The van der Waals surface area contributed by atoms with Gasteiger partial charge in [0.05, 0.1) is 12.2 Å². The smallest absolute Gasteiger partial charge is 0.278 e. The van der Waals surface area contributed by atoms with Crippen molar-refractivity contribution in [2.75, 3.05) is 17.7 Å². The van der Waals surface area contributed by atoms with E-state index in [1.807, 2.05) is 0 Å². The number of aromatic nitrogens is 2. The molecule has 28 heavy (non-hydrogen) atoms. The first-order valence-electron chi connectivity index (χ1n) is 8.71. The number of fused-ring (bicyclic) bond motifs is 1. The summed E-state index contributed by atoms with van der Waals surface area (Å²) in [5, 5.41) is 5.66. The number of ether oxygens (including phenoxy) is 1. The van der Waals surface area contributed by atoms with Crippen molar-refractivity contribution in [1.29, 1.82) is 0 Å². The molecular weight excluding hydrogens is 405 g/mol. The van der Waals surface area contributed by atoms with Gasteiger partial charge in [-0.15, -0.1) is 11.3 Å². The zero-order chi connectivity index (χ0) is 19.9. The standard InChI is InChI=1S/C17H20FN5O3S2/c1-16(2)3-9-6-28-15(19)23-17(9,8-26-16)14-22-11(7-27-14)21-13(24)10-5-25-12(4-18)20-10/h5,7,9H,3-4,6,8H2,1-2H3,(H2,19,23)(H,21,24)/t9?,17-/m1/s1. The second-order valence-electron chi connectivity index (χ2n) is 7.39. The quantitative estimate of drug-likeness (QED) is 0.774. The number of amidine groups is 1. The van der Waals surface area contributed by atoms with E-state index in [1.165, 1.54) is 11.3 Å². The lowest BCUT2D eigenvalue weighted by Gasteiger charge is -2.47. The fraction of sp³-hybridized carbons (Fsp3) is 0.529. The number of nitrogens with two attached hydrogens (primary N) is 1. The minimum Gasteiger partial charge on any atom is -0.445 e. The Balaban J connectivity index is 1.58. The second kappa shape index (κ2) is 7.12. The predicted octanol–water partition coefficient (Wildman–Crippen LogP) is 2.92. The summed E-state index contributed by atoms with van der Waals surface area (Å²) in [5.41, 5.74) is 5.15. The highest BCUT2D eigenvalue weighted by atomic mass is 32.2. The van der Waals surface area contributed by atoms with E-state index >= 15 is 0 Å². The van der Waals surface area contributed by atoms with Crippen LogP contribution in [0.3, 0.4) is 0 Å². The molecule has 3 N–H and O–H groups in total. The third-order valence-corrected chi connectivity index (χ3v) is 6.82. The van der Waals surface area contributed by atoms with Crippen LogP contribution in [0.5, 0.6) is 0 Å². The van der Waals surface area contributed by atoms with Gasteiger partial charge in [-0.3, -0.25) is 4.79 Å². The average Bonchev–Trinajstić information content (AvgIpc) is 3.31. The summed E-state index contributed by atoms with van der Waals surface area (Å²) in [6, 6.07) is 0. The summed E-state index contributed by atoms with van der Waals surface area (Å²) in [4.78, 5) is 25.4. The van der Waals surface area contributed by atoms with Crippen LogP contribution < -0.4 is 11.1 Å². The molecule has 0 aromatic carbocycles. The lowest BCUT2D eigenvalue weighted by Crippen LogP contribution is -2.52. The third kappa shape index (κ3) is 3.53. The van der Waals surface area contributed by atoms with Gasteiger partial charge in [0, 0.05) is 17.1 Å². The number of oxazole rings is 1. The van der Waals surface area contributed by atoms with Gasteiger partial charge in [-0.05, 0) is 20.3 Å². The number of anilines is 1. The molecule has 11 heteroatoms. The third-order valence-electron chi connectivity index (χ3n) is 4.85. The highest BCUT2D eigenvalue weighted by Crippen LogP contribution is 2.49. The molecule has 0 radical (unpaired) electrons. The zero-order valence-corrected chi connectivity index (χ0v) is 17.0. The number of thioether (sulfide) groups is 1. The number of nitrogens with one attached hydrogen (secondary N) is 1. The lowest BCUT2D eigenvalue weighted by atomic mass is 9.77. The highest BCUT2D eigenvalue weighted by molar-refractivity contribution is 8.13. The van der Waals surface area contributed by atoms with Crippen LogP contribution in [0.25, 0.3) is 0 Å². The fourth-order valence-corrected chi connectivity index (χ4v) is 5.40. The first kappa shape index (κ1) is 19.3. The maximum absolute atomic E-state index is 12.5. The number of rotatable bonds is 4. The number of nitrogens with zero attached hydrogens (tertiary/aromatic N) is 3. The van der Waals surface area contributed by atoms with Crippen LogP contribution in [-0.4, -0.2) is 39.0 Å². The number of hydrogen-bond donors (Lipinski definition) is 2. The number of aliphatic imine (C=N–C) groups is 1. The fourth-order valence-electron chi connectivity index (χ4n) is 3.45. The van der Waals surface area contributed by atoms with E-state index in [4.69, 9.17) is 19.9 Å². The molecule has 4 rings (SSSR count). The molecule has 2 aliphatic heterocycles. The molecule has 2 aromatic rings. The Bertz CT molecular complexity index is 928. The Morgan fingerprint density at radius 3 is 3.04 bits per heavy atom. The van der Waals surface area contributed by atoms with Crippen molar-refractivity contribution in [3.8, 4) is 0 Å². The molecule has 150 valence electrons. The normalized spacial score (nSPS) is 26.4. The van der Waals surface area contributed by atoms with E-state index in [9.17, 15) is 9.18 Å². The van der Waals surface area contributed by atoms with Gasteiger partial charge >= 0.3 is 0 Å². The van der Waals surface area contributed by atoms with E-state index in [1.54, 1.807) is 17.1 Å². The monoisotopic (exact) mass is 425 g/mol. The first-order valence-corrected chi connectivity index (χ1v) is 10.6. The van der Waals surface area contributed by atoms with Gasteiger partial charge in [0.1, 0.15) is 22.6 Å². The van der Waals surface area contributed by atoms with Gasteiger partial charge in [-0.25, -0.2) is 19.4 Å². The highest BCUT2D eigenvalue weighted by Gasteiger charge is 2.52. The molecule has 0 saturated carbocycles. The number of carbonyl (C=O) groups is 1. The SMILES string of the molecule is CC1(C)CC2CSC(N)=N[C@]2(c2nc(NC(=O)c3coc(CF)n3)cs2)CO1. The summed E-state index contributed by atoms with van der Waals surface area (Å²) in [5.74, 6) is 0.787. The molecule has 1 amide bonds. The summed E-state index contributed by atoms with van der Waals surface area (Å²) >= 11 is 2.95. The molecule has 0 spiro atoms. The molecule has 0 aliphatic carbocycles. The van der Waals surface area contributed by atoms with Crippen LogP contribution in [0.1, 0.15) is 41.7 Å². The van der Waals surface area contributed by atoms with E-state index < -0.39 is 18.1 Å². The number of carbonyl (C=O) groups excluding carboxylic acids is 1. The minimum absolute atomic E-state index is 0.00248. The van der Waals surface area contributed by atoms with Gasteiger partial charge in [0.25, 0.3) is 5.91 Å². The van der Waals surface area contributed by atoms with Gasteiger partial charge in [0.15, 0.2) is 17.5 Å². The maximum Gasteiger partial charge on any atom is 0.278 e. The molecule has 2 aliphatic rings. The Morgan fingerprint density at radius 1 is 1.46 bits per heavy atom. The van der Waals surface area contributed by atoms with E-state index in [0.29, 0.717) is 17.6 Å². The van der Waals surface area contributed by atoms with Crippen molar-refractivity contribution in [1.82, 2.24) is 9.97 Å². The Kier molecular flexibility index (Phi) is 4.92. The molecule has 0 bridgehead atoms. The van der Waals surface area contributed by atoms with Crippen molar-refractivity contribution < 1.29 is 18.3 Å². The summed E-state index contributed by atoms with van der Waals surface area (Å²) in [6.07, 6.45) is 1.95. The van der Waals surface area contributed by atoms with Gasteiger partial charge in [-0.2, -0.15) is 0 Å². The summed E-state index contributed by atoms with van der Waals surface area (Å²) in [7, 11) is 0. The van der Waals surface area contributed by atoms with Gasteiger partial charge < -0.3 is 20.2 Å². The molecule has 2 atom stereocenters. The van der Waals surface area contributed by atoms with Crippen molar-refractivity contribution >= 4 is 40.0 Å². The molecule has 1 unspecified atom stereocenters. The molecule has 1 saturated heterocycles. The van der Waals surface area contributed by atoms with Gasteiger partial charge in [0.2, 0.25) is 5.89 Å². The number of hydrogen-bond acceptors (Lipinski definition) is 9. The van der Waals surface area contributed by atoms with Crippen LogP contribution in [0.2, 0.25) is 0 Å². The Hall–Kier alpha value is -1.98. The van der Waals surface area contributed by atoms with Crippen molar-refractivity contribution in [2.24, 2.45) is 16.6 Å². The number of amides is 1. The van der Waals surface area contributed by atoms with E-state index in [0.717, 1.165) is 23.4 Å². The summed E-state index contributed by atoms with van der Waals surface area (Å²) < 4.78 is 23.5. The van der Waals surface area contributed by atoms with E-state index in [-0.39, 0.29) is 23.1 Å². The molecule has 1 fully saturated rings.